The Morgan fingerprint density at radius 2 is 2.13 bits per heavy atom. The zero-order chi connectivity index (χ0) is 11.1. The highest BCUT2D eigenvalue weighted by atomic mass is 16.3. The van der Waals surface area contributed by atoms with Gasteiger partial charge in [0.15, 0.2) is 0 Å². The number of aliphatic hydroxyl groups is 1. The van der Waals surface area contributed by atoms with Crippen LogP contribution in [0, 0.1) is 13.8 Å². The molecule has 0 atom stereocenters. The lowest BCUT2D eigenvalue weighted by Gasteiger charge is -2.41. The Bertz CT molecular complexity index is 368. The summed E-state index contributed by atoms with van der Waals surface area (Å²) in [6, 6.07) is 0.329. The van der Waals surface area contributed by atoms with E-state index in [-0.39, 0.29) is 0 Å². The highest BCUT2D eigenvalue weighted by Gasteiger charge is 2.38. The van der Waals surface area contributed by atoms with E-state index < -0.39 is 5.60 Å². The zero-order valence-corrected chi connectivity index (χ0v) is 9.41. The second-order valence-corrected chi connectivity index (χ2v) is 4.69. The third kappa shape index (κ3) is 2.26. The molecule has 1 aromatic heterocycles. The van der Waals surface area contributed by atoms with Gasteiger partial charge in [-0.25, -0.2) is 4.98 Å². The first kappa shape index (κ1) is 10.4. The van der Waals surface area contributed by atoms with Gasteiger partial charge in [-0.3, -0.25) is 4.98 Å². The molecule has 1 heterocycles. The molecule has 1 aromatic rings. The van der Waals surface area contributed by atoms with Gasteiger partial charge in [-0.2, -0.15) is 0 Å². The fraction of sp³-hybridized carbons (Fsp3) is 0.636. The van der Waals surface area contributed by atoms with Crippen LogP contribution >= 0.6 is 0 Å². The van der Waals surface area contributed by atoms with Crippen molar-refractivity contribution in [3.8, 4) is 0 Å². The summed E-state index contributed by atoms with van der Waals surface area (Å²) in [7, 11) is 0. The van der Waals surface area contributed by atoms with Crippen LogP contribution in [0.4, 0.5) is 5.82 Å². The molecule has 0 unspecified atom stereocenters. The maximum absolute atomic E-state index is 9.61. The molecule has 2 rings (SSSR count). The average molecular weight is 207 g/mol. The van der Waals surface area contributed by atoms with Crippen LogP contribution in [0.2, 0.25) is 0 Å². The Morgan fingerprint density at radius 3 is 2.73 bits per heavy atom. The summed E-state index contributed by atoms with van der Waals surface area (Å²) in [4.78, 5) is 8.63. The molecule has 0 saturated heterocycles. The smallest absolute Gasteiger partial charge is 0.147 e. The van der Waals surface area contributed by atoms with Crippen LogP contribution < -0.4 is 5.32 Å². The van der Waals surface area contributed by atoms with Gasteiger partial charge in [0.25, 0.3) is 0 Å². The van der Waals surface area contributed by atoms with E-state index in [9.17, 15) is 5.11 Å². The SMILES string of the molecule is Cc1cnc(C)c(NC2CC(C)(O)C2)n1. The van der Waals surface area contributed by atoms with Gasteiger partial charge in [0.1, 0.15) is 5.82 Å². The van der Waals surface area contributed by atoms with Crippen molar-refractivity contribution in [3.05, 3.63) is 17.6 Å². The van der Waals surface area contributed by atoms with Crippen molar-refractivity contribution in [2.24, 2.45) is 0 Å². The number of hydrogen-bond donors (Lipinski definition) is 2. The number of hydrogen-bond acceptors (Lipinski definition) is 4. The molecule has 1 fully saturated rings. The van der Waals surface area contributed by atoms with Crippen LogP contribution in [0.25, 0.3) is 0 Å². The molecule has 0 aliphatic heterocycles. The van der Waals surface area contributed by atoms with Crippen molar-refractivity contribution in [2.45, 2.75) is 45.3 Å². The second kappa shape index (κ2) is 3.45. The molecule has 0 aromatic carbocycles. The standard InChI is InChI=1S/C11H17N3O/c1-7-6-12-8(2)10(13-7)14-9-4-11(3,15)5-9/h6,9,15H,4-5H2,1-3H3,(H,13,14). The molecule has 4 heteroatoms. The molecule has 15 heavy (non-hydrogen) atoms. The topological polar surface area (TPSA) is 58.0 Å². The Kier molecular flexibility index (Phi) is 2.38. The summed E-state index contributed by atoms with van der Waals surface area (Å²) in [5.41, 5.74) is 1.32. The van der Waals surface area contributed by atoms with E-state index in [1.54, 1.807) is 6.20 Å². The number of aryl methyl sites for hydroxylation is 2. The fourth-order valence-corrected chi connectivity index (χ4v) is 1.97. The maximum atomic E-state index is 9.61. The molecule has 82 valence electrons. The zero-order valence-electron chi connectivity index (χ0n) is 9.41. The molecule has 0 bridgehead atoms. The van der Waals surface area contributed by atoms with Gasteiger partial charge in [0.2, 0.25) is 0 Å². The minimum Gasteiger partial charge on any atom is -0.390 e. The fourth-order valence-electron chi connectivity index (χ4n) is 1.97. The molecule has 2 N–H and O–H groups in total. The maximum Gasteiger partial charge on any atom is 0.147 e. The minimum absolute atomic E-state index is 0.329. The first-order valence-corrected chi connectivity index (χ1v) is 5.25. The van der Waals surface area contributed by atoms with Crippen molar-refractivity contribution in [1.29, 1.82) is 0 Å². The van der Waals surface area contributed by atoms with Crippen LogP contribution in [0.1, 0.15) is 31.2 Å². The van der Waals surface area contributed by atoms with Gasteiger partial charge >= 0.3 is 0 Å². The minimum atomic E-state index is -0.497. The van der Waals surface area contributed by atoms with E-state index in [1.165, 1.54) is 0 Å². The Balaban J connectivity index is 2.03. The summed E-state index contributed by atoms with van der Waals surface area (Å²) >= 11 is 0. The Labute approximate surface area is 89.8 Å². The quantitative estimate of drug-likeness (QED) is 0.770. The number of anilines is 1. The largest absolute Gasteiger partial charge is 0.390 e. The van der Waals surface area contributed by atoms with E-state index in [2.05, 4.69) is 15.3 Å². The normalized spacial score (nSPS) is 29.7. The van der Waals surface area contributed by atoms with Crippen LogP contribution in [-0.2, 0) is 0 Å². The first-order valence-electron chi connectivity index (χ1n) is 5.25. The van der Waals surface area contributed by atoms with Crippen LogP contribution in [0.3, 0.4) is 0 Å². The van der Waals surface area contributed by atoms with Crippen molar-refractivity contribution in [2.75, 3.05) is 5.32 Å². The van der Waals surface area contributed by atoms with Crippen LogP contribution in [0.15, 0.2) is 6.20 Å². The molecule has 0 spiro atoms. The summed E-state index contributed by atoms with van der Waals surface area (Å²) in [6.07, 6.45) is 3.32. The molecule has 4 nitrogen and oxygen atoms in total. The molecular formula is C11H17N3O. The second-order valence-electron chi connectivity index (χ2n) is 4.69. The van der Waals surface area contributed by atoms with Crippen LogP contribution in [-0.4, -0.2) is 26.7 Å². The van der Waals surface area contributed by atoms with E-state index in [1.807, 2.05) is 20.8 Å². The molecule has 1 saturated carbocycles. The summed E-state index contributed by atoms with van der Waals surface area (Å²) < 4.78 is 0. The predicted octanol–water partition coefficient (Wildman–Crippen LogP) is 1.42. The third-order valence-electron chi connectivity index (χ3n) is 2.79. The predicted molar refractivity (Wildman–Crippen MR) is 58.8 cm³/mol. The van der Waals surface area contributed by atoms with Gasteiger partial charge in [-0.15, -0.1) is 0 Å². The highest BCUT2D eigenvalue weighted by molar-refractivity contribution is 5.41. The summed E-state index contributed by atoms with van der Waals surface area (Å²) in [5.74, 6) is 0.843. The van der Waals surface area contributed by atoms with E-state index >= 15 is 0 Å². The number of nitrogens with one attached hydrogen (secondary N) is 1. The third-order valence-corrected chi connectivity index (χ3v) is 2.79. The van der Waals surface area contributed by atoms with Gasteiger partial charge in [-0.1, -0.05) is 0 Å². The van der Waals surface area contributed by atoms with Crippen molar-refractivity contribution >= 4 is 5.82 Å². The lowest BCUT2D eigenvalue weighted by Crippen LogP contribution is -2.48. The molecule has 1 aliphatic carbocycles. The molecular weight excluding hydrogens is 190 g/mol. The summed E-state index contributed by atoms with van der Waals surface area (Å²) in [5, 5.41) is 12.9. The Hall–Kier alpha value is -1.16. The molecule has 0 amide bonds. The van der Waals surface area contributed by atoms with Gasteiger partial charge < -0.3 is 10.4 Å². The van der Waals surface area contributed by atoms with Crippen molar-refractivity contribution in [1.82, 2.24) is 9.97 Å². The lowest BCUT2D eigenvalue weighted by atomic mass is 9.77. The first-order chi connectivity index (χ1) is 6.96. The van der Waals surface area contributed by atoms with E-state index in [0.29, 0.717) is 6.04 Å². The van der Waals surface area contributed by atoms with Gasteiger partial charge in [0.05, 0.1) is 17.0 Å². The lowest BCUT2D eigenvalue weighted by molar-refractivity contribution is -0.0235. The molecule has 0 radical (unpaired) electrons. The molecule has 1 aliphatic rings. The average Bonchev–Trinajstić information content (AvgIpc) is 2.08. The number of nitrogens with zero attached hydrogens (tertiary/aromatic N) is 2. The van der Waals surface area contributed by atoms with Gasteiger partial charge in [-0.05, 0) is 33.6 Å². The van der Waals surface area contributed by atoms with Crippen molar-refractivity contribution < 1.29 is 5.11 Å². The highest BCUT2D eigenvalue weighted by Crippen LogP contribution is 2.33. The Morgan fingerprint density at radius 1 is 1.47 bits per heavy atom. The van der Waals surface area contributed by atoms with Gasteiger partial charge in [0, 0.05) is 12.2 Å². The van der Waals surface area contributed by atoms with E-state index in [0.717, 1.165) is 30.0 Å². The van der Waals surface area contributed by atoms with E-state index in [4.69, 9.17) is 0 Å². The number of aromatic nitrogens is 2. The summed E-state index contributed by atoms with van der Waals surface area (Å²) in [6.45, 7) is 5.72. The monoisotopic (exact) mass is 207 g/mol. The number of rotatable bonds is 2. The van der Waals surface area contributed by atoms with Crippen LogP contribution in [0.5, 0.6) is 0 Å². The van der Waals surface area contributed by atoms with Crippen molar-refractivity contribution in [3.63, 3.8) is 0 Å².